The van der Waals surface area contributed by atoms with Crippen LogP contribution in [0.1, 0.15) is 16.7 Å². The van der Waals surface area contributed by atoms with Crippen LogP contribution in [0, 0.1) is 12.7 Å². The summed E-state index contributed by atoms with van der Waals surface area (Å²) in [6.07, 6.45) is 0.150. The lowest BCUT2D eigenvalue weighted by atomic mass is 9.98. The lowest BCUT2D eigenvalue weighted by Gasteiger charge is -2.16. The van der Waals surface area contributed by atoms with Crippen molar-refractivity contribution < 1.29 is 18.7 Å². The molecule has 0 unspecified atom stereocenters. The van der Waals surface area contributed by atoms with Gasteiger partial charge in [0.1, 0.15) is 18.2 Å². The molecule has 0 aromatic heterocycles. The number of hydrogen-bond donors (Lipinski definition) is 0. The average Bonchev–Trinajstić information content (AvgIpc) is 2.63. The molecule has 0 N–H and O–H groups in total. The SMILES string of the molecule is COC(=O)Cc1cc2ccc(F)cc2c(OCc2ccccc2)c1C. The Hall–Kier alpha value is -2.88. The van der Waals surface area contributed by atoms with Gasteiger partial charge in [-0.05, 0) is 41.1 Å². The summed E-state index contributed by atoms with van der Waals surface area (Å²) < 4.78 is 24.5. The Kier molecular flexibility index (Phi) is 4.98. The molecule has 128 valence electrons. The normalized spacial score (nSPS) is 10.7. The Bertz CT molecular complexity index is 904. The van der Waals surface area contributed by atoms with Crippen molar-refractivity contribution in [1.82, 2.24) is 0 Å². The minimum absolute atomic E-state index is 0.150. The highest BCUT2D eigenvalue weighted by molar-refractivity contribution is 5.91. The van der Waals surface area contributed by atoms with Crippen molar-refractivity contribution in [3.05, 3.63) is 77.1 Å². The van der Waals surface area contributed by atoms with Gasteiger partial charge in [0.2, 0.25) is 0 Å². The molecule has 0 saturated heterocycles. The summed E-state index contributed by atoms with van der Waals surface area (Å²) in [5.74, 6) is -0.0458. The molecular weight excluding hydrogens is 319 g/mol. The third kappa shape index (κ3) is 3.79. The number of hydrogen-bond acceptors (Lipinski definition) is 3. The number of esters is 1. The predicted octanol–water partition coefficient (Wildman–Crippen LogP) is 4.58. The molecule has 3 aromatic carbocycles. The lowest BCUT2D eigenvalue weighted by molar-refractivity contribution is -0.139. The van der Waals surface area contributed by atoms with Crippen molar-refractivity contribution in [2.75, 3.05) is 7.11 Å². The average molecular weight is 338 g/mol. The van der Waals surface area contributed by atoms with Crippen LogP contribution in [0.5, 0.6) is 5.75 Å². The number of ether oxygens (including phenoxy) is 2. The summed E-state index contributed by atoms with van der Waals surface area (Å²) >= 11 is 0. The maximum atomic E-state index is 13.7. The molecule has 0 spiro atoms. The molecule has 0 aliphatic rings. The van der Waals surface area contributed by atoms with Gasteiger partial charge in [-0.1, -0.05) is 42.5 Å². The molecule has 0 fully saturated rings. The van der Waals surface area contributed by atoms with E-state index in [0.29, 0.717) is 17.7 Å². The van der Waals surface area contributed by atoms with Crippen LogP contribution in [-0.2, 0) is 22.6 Å². The van der Waals surface area contributed by atoms with Gasteiger partial charge in [0.25, 0.3) is 0 Å². The first-order chi connectivity index (χ1) is 12.1. The van der Waals surface area contributed by atoms with Crippen LogP contribution >= 0.6 is 0 Å². The van der Waals surface area contributed by atoms with E-state index in [0.717, 1.165) is 22.1 Å². The molecule has 4 heteroatoms. The van der Waals surface area contributed by atoms with Crippen molar-refractivity contribution in [3.8, 4) is 5.75 Å². The third-order valence-corrected chi connectivity index (χ3v) is 4.20. The number of benzene rings is 3. The molecular formula is C21H19FO3. The number of carbonyl (C=O) groups is 1. The smallest absolute Gasteiger partial charge is 0.309 e. The van der Waals surface area contributed by atoms with Crippen LogP contribution in [0.3, 0.4) is 0 Å². The highest BCUT2D eigenvalue weighted by Gasteiger charge is 2.15. The summed E-state index contributed by atoms with van der Waals surface area (Å²) in [5, 5.41) is 1.52. The van der Waals surface area contributed by atoms with Crippen LogP contribution in [0.4, 0.5) is 4.39 Å². The predicted molar refractivity (Wildman–Crippen MR) is 95.1 cm³/mol. The van der Waals surface area contributed by atoms with Crippen LogP contribution in [0.15, 0.2) is 54.6 Å². The van der Waals surface area contributed by atoms with Gasteiger partial charge >= 0.3 is 5.97 Å². The second-order valence-corrected chi connectivity index (χ2v) is 5.88. The van der Waals surface area contributed by atoms with Crippen LogP contribution in [-0.4, -0.2) is 13.1 Å². The molecule has 0 aliphatic carbocycles. The standard InChI is InChI=1S/C21H19FO3/c1-14-17(11-20(23)24-2)10-16-8-9-18(22)12-19(16)21(14)25-13-15-6-4-3-5-7-15/h3-10,12H,11,13H2,1-2H3. The van der Waals surface area contributed by atoms with Gasteiger partial charge < -0.3 is 9.47 Å². The van der Waals surface area contributed by atoms with Gasteiger partial charge in [-0.3, -0.25) is 4.79 Å². The largest absolute Gasteiger partial charge is 0.488 e. The summed E-state index contributed by atoms with van der Waals surface area (Å²) in [5.41, 5.74) is 2.65. The highest BCUT2D eigenvalue weighted by atomic mass is 19.1. The van der Waals surface area contributed by atoms with Gasteiger partial charge in [0, 0.05) is 5.39 Å². The fraction of sp³-hybridized carbons (Fsp3) is 0.190. The summed E-state index contributed by atoms with van der Waals surface area (Å²) in [6, 6.07) is 16.2. The van der Waals surface area contributed by atoms with Gasteiger partial charge in [0.05, 0.1) is 13.5 Å². The molecule has 3 aromatic rings. The Balaban J connectivity index is 2.04. The van der Waals surface area contributed by atoms with Crippen molar-refractivity contribution in [2.24, 2.45) is 0 Å². The number of methoxy groups -OCH3 is 1. The van der Waals surface area contributed by atoms with E-state index in [1.165, 1.54) is 19.2 Å². The fourth-order valence-corrected chi connectivity index (χ4v) is 2.82. The van der Waals surface area contributed by atoms with E-state index >= 15 is 0 Å². The number of rotatable bonds is 5. The zero-order valence-electron chi connectivity index (χ0n) is 14.2. The Morgan fingerprint density at radius 3 is 2.56 bits per heavy atom. The van der Waals surface area contributed by atoms with Crippen molar-refractivity contribution >= 4 is 16.7 Å². The number of carbonyl (C=O) groups excluding carboxylic acids is 1. The first-order valence-electron chi connectivity index (χ1n) is 8.04. The molecule has 25 heavy (non-hydrogen) atoms. The van der Waals surface area contributed by atoms with E-state index in [9.17, 15) is 9.18 Å². The van der Waals surface area contributed by atoms with Crippen molar-refractivity contribution in [1.29, 1.82) is 0 Å². The number of fused-ring (bicyclic) bond motifs is 1. The summed E-state index contributed by atoms with van der Waals surface area (Å²) in [4.78, 5) is 11.7. The molecule has 0 saturated carbocycles. The van der Waals surface area contributed by atoms with Gasteiger partial charge in [-0.25, -0.2) is 4.39 Å². The maximum absolute atomic E-state index is 13.7. The first kappa shape index (κ1) is 17.0. The summed E-state index contributed by atoms with van der Waals surface area (Å²) in [6.45, 7) is 2.25. The second-order valence-electron chi connectivity index (χ2n) is 5.88. The van der Waals surface area contributed by atoms with Crippen molar-refractivity contribution in [3.63, 3.8) is 0 Å². The first-order valence-corrected chi connectivity index (χ1v) is 8.04. The Labute approximate surface area is 146 Å². The van der Waals surface area contributed by atoms with Crippen LogP contribution in [0.25, 0.3) is 10.8 Å². The quantitative estimate of drug-likeness (QED) is 0.639. The number of halogens is 1. The minimum Gasteiger partial charge on any atom is -0.488 e. The third-order valence-electron chi connectivity index (χ3n) is 4.20. The fourth-order valence-electron chi connectivity index (χ4n) is 2.82. The molecule has 3 nitrogen and oxygen atoms in total. The van der Waals surface area contributed by atoms with Crippen molar-refractivity contribution in [2.45, 2.75) is 20.0 Å². The van der Waals surface area contributed by atoms with E-state index < -0.39 is 0 Å². The molecule has 3 rings (SSSR count). The van der Waals surface area contributed by atoms with Gasteiger partial charge in [0.15, 0.2) is 0 Å². The van der Waals surface area contributed by atoms with E-state index in [2.05, 4.69) is 0 Å². The monoisotopic (exact) mass is 338 g/mol. The maximum Gasteiger partial charge on any atom is 0.309 e. The molecule has 0 heterocycles. The molecule has 0 bridgehead atoms. The highest BCUT2D eigenvalue weighted by Crippen LogP contribution is 2.34. The van der Waals surface area contributed by atoms with Crippen LogP contribution < -0.4 is 4.74 Å². The topological polar surface area (TPSA) is 35.5 Å². The molecule has 0 amide bonds. The zero-order valence-corrected chi connectivity index (χ0v) is 14.2. The van der Waals surface area contributed by atoms with Gasteiger partial charge in [-0.2, -0.15) is 0 Å². The lowest BCUT2D eigenvalue weighted by Crippen LogP contribution is -2.07. The zero-order chi connectivity index (χ0) is 17.8. The molecule has 0 radical (unpaired) electrons. The van der Waals surface area contributed by atoms with E-state index in [1.54, 1.807) is 6.07 Å². The minimum atomic E-state index is -0.322. The summed E-state index contributed by atoms with van der Waals surface area (Å²) in [7, 11) is 1.36. The Morgan fingerprint density at radius 1 is 1.08 bits per heavy atom. The van der Waals surface area contributed by atoms with E-state index in [1.807, 2.05) is 43.3 Å². The Morgan fingerprint density at radius 2 is 1.84 bits per heavy atom. The van der Waals surface area contributed by atoms with Crippen LogP contribution in [0.2, 0.25) is 0 Å². The van der Waals surface area contributed by atoms with Gasteiger partial charge in [-0.15, -0.1) is 0 Å². The van der Waals surface area contributed by atoms with E-state index in [4.69, 9.17) is 9.47 Å². The van der Waals surface area contributed by atoms with E-state index in [-0.39, 0.29) is 18.2 Å². The molecule has 0 aliphatic heterocycles. The second kappa shape index (κ2) is 7.34. The molecule has 0 atom stereocenters.